The molecular formula is C9H16N2O4. The number of methoxy groups -OCH3 is 1. The van der Waals surface area contributed by atoms with Crippen molar-refractivity contribution < 1.29 is 19.4 Å². The maximum atomic E-state index is 11.5. The van der Waals surface area contributed by atoms with Crippen LogP contribution < -0.4 is 5.73 Å². The monoisotopic (exact) mass is 216 g/mol. The van der Waals surface area contributed by atoms with Crippen LogP contribution in [0.15, 0.2) is 0 Å². The van der Waals surface area contributed by atoms with Gasteiger partial charge in [-0.2, -0.15) is 0 Å². The molecule has 0 spiro atoms. The molecule has 0 aromatic carbocycles. The number of hydrogen-bond donors (Lipinski definition) is 2. The topological polar surface area (TPSA) is 92.9 Å². The molecule has 3 N–H and O–H groups in total. The van der Waals surface area contributed by atoms with E-state index in [0.29, 0.717) is 13.1 Å². The molecule has 1 heterocycles. The average Bonchev–Trinajstić information content (AvgIpc) is 2.09. The molecule has 1 fully saturated rings. The first-order valence-electron chi connectivity index (χ1n) is 4.79. The van der Waals surface area contributed by atoms with Gasteiger partial charge in [-0.15, -0.1) is 0 Å². The Hall–Kier alpha value is -1.14. The second-order valence-corrected chi connectivity index (χ2v) is 3.77. The number of aliphatic carboxylic acids is 1. The first kappa shape index (κ1) is 11.9. The van der Waals surface area contributed by atoms with Crippen LogP contribution in [0.5, 0.6) is 0 Å². The summed E-state index contributed by atoms with van der Waals surface area (Å²) in [5, 5.41) is 8.52. The number of nitrogens with two attached hydrogens (primary N) is 1. The summed E-state index contributed by atoms with van der Waals surface area (Å²) in [4.78, 5) is 23.5. The Morgan fingerprint density at radius 2 is 2.20 bits per heavy atom. The zero-order chi connectivity index (χ0) is 11.4. The molecule has 1 amide bonds. The molecular weight excluding hydrogens is 200 g/mol. The standard InChI is InChI=1S/C9H16N2O4/c1-15-5-7(10)9(14)11-3-6(4-11)2-8(12)13/h6-7H,2-5,10H2,1H3,(H,12,13). The van der Waals surface area contributed by atoms with E-state index < -0.39 is 12.0 Å². The molecule has 1 aliphatic rings. The molecule has 6 nitrogen and oxygen atoms in total. The largest absolute Gasteiger partial charge is 0.481 e. The molecule has 0 bridgehead atoms. The van der Waals surface area contributed by atoms with Crippen LogP contribution in [-0.2, 0) is 14.3 Å². The van der Waals surface area contributed by atoms with Crippen molar-refractivity contribution in [3.63, 3.8) is 0 Å². The average molecular weight is 216 g/mol. The lowest BCUT2D eigenvalue weighted by Crippen LogP contribution is -2.56. The number of rotatable bonds is 5. The highest BCUT2D eigenvalue weighted by atomic mass is 16.5. The molecule has 1 unspecified atom stereocenters. The third kappa shape index (κ3) is 3.17. The maximum absolute atomic E-state index is 11.5. The lowest BCUT2D eigenvalue weighted by Gasteiger charge is -2.39. The number of carboxylic acids is 1. The van der Waals surface area contributed by atoms with E-state index in [1.165, 1.54) is 7.11 Å². The Morgan fingerprint density at radius 1 is 1.60 bits per heavy atom. The van der Waals surface area contributed by atoms with Gasteiger partial charge in [0.2, 0.25) is 5.91 Å². The Morgan fingerprint density at radius 3 is 2.67 bits per heavy atom. The van der Waals surface area contributed by atoms with Gasteiger partial charge in [-0.1, -0.05) is 0 Å². The number of likely N-dealkylation sites (tertiary alicyclic amines) is 1. The number of ether oxygens (including phenoxy) is 1. The van der Waals surface area contributed by atoms with E-state index in [1.807, 2.05) is 0 Å². The molecule has 0 aliphatic carbocycles. The third-order valence-electron chi connectivity index (χ3n) is 2.40. The fourth-order valence-electron chi connectivity index (χ4n) is 1.61. The summed E-state index contributed by atoms with van der Waals surface area (Å²) in [5.74, 6) is -0.923. The van der Waals surface area contributed by atoms with Gasteiger partial charge >= 0.3 is 5.97 Å². The smallest absolute Gasteiger partial charge is 0.303 e. The summed E-state index contributed by atoms with van der Waals surface area (Å²) in [6.45, 7) is 1.17. The minimum absolute atomic E-state index is 0.0706. The van der Waals surface area contributed by atoms with Gasteiger partial charge in [-0.25, -0.2) is 0 Å². The van der Waals surface area contributed by atoms with Gasteiger partial charge in [-0.05, 0) is 0 Å². The minimum Gasteiger partial charge on any atom is -0.481 e. The van der Waals surface area contributed by atoms with Crippen LogP contribution in [0.1, 0.15) is 6.42 Å². The van der Waals surface area contributed by atoms with Crippen molar-refractivity contribution in [2.75, 3.05) is 26.8 Å². The number of nitrogens with zero attached hydrogens (tertiary/aromatic N) is 1. The number of carbonyl (C=O) groups excluding carboxylic acids is 1. The van der Waals surface area contributed by atoms with E-state index in [1.54, 1.807) is 4.90 Å². The summed E-state index contributed by atoms with van der Waals surface area (Å²) in [6, 6.07) is -0.638. The number of hydrogen-bond acceptors (Lipinski definition) is 4. The molecule has 0 saturated carbocycles. The molecule has 15 heavy (non-hydrogen) atoms. The molecule has 6 heteroatoms. The first-order chi connectivity index (χ1) is 7.04. The molecule has 1 saturated heterocycles. The van der Waals surface area contributed by atoms with Crippen LogP contribution in [0.3, 0.4) is 0 Å². The molecule has 0 aromatic rings. The summed E-state index contributed by atoms with van der Waals surface area (Å²) in [6.07, 6.45) is 0.114. The van der Waals surface area contributed by atoms with E-state index in [0.717, 1.165) is 0 Å². The normalized spacial score (nSPS) is 18.4. The van der Waals surface area contributed by atoms with E-state index in [9.17, 15) is 9.59 Å². The highest BCUT2D eigenvalue weighted by Gasteiger charge is 2.34. The predicted molar refractivity (Wildman–Crippen MR) is 52.2 cm³/mol. The van der Waals surface area contributed by atoms with E-state index in [2.05, 4.69) is 0 Å². The van der Waals surface area contributed by atoms with Gasteiger partial charge < -0.3 is 20.5 Å². The zero-order valence-electron chi connectivity index (χ0n) is 8.68. The van der Waals surface area contributed by atoms with Crippen molar-refractivity contribution in [2.45, 2.75) is 12.5 Å². The number of carbonyl (C=O) groups is 2. The Balaban J connectivity index is 2.26. The fraction of sp³-hybridized carbons (Fsp3) is 0.778. The maximum Gasteiger partial charge on any atom is 0.303 e. The molecule has 1 atom stereocenters. The van der Waals surface area contributed by atoms with Gasteiger partial charge in [0.15, 0.2) is 0 Å². The van der Waals surface area contributed by atoms with Crippen LogP contribution >= 0.6 is 0 Å². The van der Waals surface area contributed by atoms with Gasteiger partial charge in [0.1, 0.15) is 6.04 Å². The second-order valence-electron chi connectivity index (χ2n) is 3.77. The fourth-order valence-corrected chi connectivity index (χ4v) is 1.61. The minimum atomic E-state index is -0.826. The third-order valence-corrected chi connectivity index (χ3v) is 2.40. The van der Waals surface area contributed by atoms with Gasteiger partial charge in [0.25, 0.3) is 0 Å². The van der Waals surface area contributed by atoms with Crippen LogP contribution in [0.25, 0.3) is 0 Å². The van der Waals surface area contributed by atoms with Crippen LogP contribution in [0.4, 0.5) is 0 Å². The van der Waals surface area contributed by atoms with E-state index in [-0.39, 0.29) is 24.9 Å². The van der Waals surface area contributed by atoms with Crippen molar-refractivity contribution in [1.29, 1.82) is 0 Å². The summed E-state index contributed by atoms with van der Waals surface area (Å²) >= 11 is 0. The van der Waals surface area contributed by atoms with Gasteiger partial charge in [0.05, 0.1) is 13.0 Å². The van der Waals surface area contributed by atoms with Gasteiger partial charge in [-0.3, -0.25) is 9.59 Å². The second kappa shape index (κ2) is 5.09. The van der Waals surface area contributed by atoms with Crippen molar-refractivity contribution in [2.24, 2.45) is 11.7 Å². The molecule has 1 aliphatic heterocycles. The highest BCUT2D eigenvalue weighted by molar-refractivity contribution is 5.82. The van der Waals surface area contributed by atoms with Crippen LogP contribution in [0.2, 0.25) is 0 Å². The predicted octanol–water partition coefficient (Wildman–Crippen LogP) is -1.11. The summed E-state index contributed by atoms with van der Waals surface area (Å²) in [7, 11) is 1.48. The lowest BCUT2D eigenvalue weighted by atomic mass is 9.95. The summed E-state index contributed by atoms with van der Waals surface area (Å²) < 4.78 is 4.77. The van der Waals surface area contributed by atoms with Crippen LogP contribution in [0, 0.1) is 5.92 Å². The highest BCUT2D eigenvalue weighted by Crippen LogP contribution is 2.19. The summed E-state index contributed by atoms with van der Waals surface area (Å²) in [5.41, 5.74) is 5.55. The first-order valence-corrected chi connectivity index (χ1v) is 4.79. The number of amides is 1. The van der Waals surface area contributed by atoms with Crippen molar-refractivity contribution in [3.8, 4) is 0 Å². The Kier molecular flexibility index (Phi) is 4.05. The van der Waals surface area contributed by atoms with E-state index in [4.69, 9.17) is 15.6 Å². The van der Waals surface area contributed by atoms with Crippen molar-refractivity contribution in [1.82, 2.24) is 4.90 Å². The lowest BCUT2D eigenvalue weighted by molar-refractivity contribution is -0.146. The quantitative estimate of drug-likeness (QED) is 0.608. The van der Waals surface area contributed by atoms with Crippen molar-refractivity contribution >= 4 is 11.9 Å². The van der Waals surface area contributed by atoms with Crippen LogP contribution in [-0.4, -0.2) is 54.7 Å². The molecule has 0 aromatic heterocycles. The Labute approximate surface area is 88.0 Å². The zero-order valence-corrected chi connectivity index (χ0v) is 8.68. The molecule has 86 valence electrons. The number of carboxylic acid groups (broad SMARTS) is 1. The van der Waals surface area contributed by atoms with E-state index >= 15 is 0 Å². The molecule has 1 rings (SSSR count). The SMILES string of the molecule is COCC(N)C(=O)N1CC(CC(=O)O)C1. The van der Waals surface area contributed by atoms with Crippen molar-refractivity contribution in [3.05, 3.63) is 0 Å². The Bertz CT molecular complexity index is 250. The molecule has 0 radical (unpaired) electrons. The van der Waals surface area contributed by atoms with Gasteiger partial charge in [0, 0.05) is 26.1 Å².